The molecule has 1 aliphatic heterocycles. The molecule has 2 rings (SSSR count). The van der Waals surface area contributed by atoms with Gasteiger partial charge in [0.05, 0.1) is 16.9 Å². The molecule has 2 unspecified atom stereocenters. The lowest BCUT2D eigenvalue weighted by molar-refractivity contribution is -0.136. The fourth-order valence-electron chi connectivity index (χ4n) is 2.34. The second kappa shape index (κ2) is 6.89. The number of amides is 1. The average molecular weight is 293 g/mol. The Labute approximate surface area is 123 Å². The normalized spacial score (nSPS) is 21.4. The van der Waals surface area contributed by atoms with E-state index in [1.807, 2.05) is 25.4 Å². The second-order valence-electron chi connectivity index (χ2n) is 4.94. The smallest absolute Gasteiger partial charge is 0.228 e. The van der Waals surface area contributed by atoms with Crippen LogP contribution in [0.4, 0.5) is 0 Å². The number of carbonyl (C=O) groups excluding carboxylic acids is 1. The zero-order valence-corrected chi connectivity index (χ0v) is 12.6. The number of hydrogen-bond donors (Lipinski definition) is 1. The molecule has 1 aliphatic rings. The molecule has 1 aromatic rings. The first-order valence-electron chi connectivity index (χ1n) is 6.65. The molecular formula is C15H19NO3S. The van der Waals surface area contributed by atoms with Crippen molar-refractivity contribution in [3.8, 4) is 11.8 Å². The SMILES string of the molecule is CC1OCCC1C(=O)N(C)Cc1csc(C#CCO)c1. The summed E-state index contributed by atoms with van der Waals surface area (Å²) in [5.74, 6) is 5.62. The highest BCUT2D eigenvalue weighted by atomic mass is 32.1. The van der Waals surface area contributed by atoms with Gasteiger partial charge in [-0.05, 0) is 30.4 Å². The van der Waals surface area contributed by atoms with Gasteiger partial charge in [-0.3, -0.25) is 4.79 Å². The highest BCUT2D eigenvalue weighted by Crippen LogP contribution is 2.23. The maximum atomic E-state index is 12.3. The molecule has 5 heteroatoms. The lowest BCUT2D eigenvalue weighted by Crippen LogP contribution is -2.35. The summed E-state index contributed by atoms with van der Waals surface area (Å²) in [5, 5.41) is 10.7. The fraction of sp³-hybridized carbons (Fsp3) is 0.533. The van der Waals surface area contributed by atoms with Crippen LogP contribution in [0.2, 0.25) is 0 Å². The maximum absolute atomic E-state index is 12.3. The van der Waals surface area contributed by atoms with Crippen LogP contribution in [0.3, 0.4) is 0 Å². The third kappa shape index (κ3) is 3.60. The molecule has 1 N–H and O–H groups in total. The predicted molar refractivity (Wildman–Crippen MR) is 78.3 cm³/mol. The number of aliphatic hydroxyl groups is 1. The minimum absolute atomic E-state index is 0.0124. The molecule has 20 heavy (non-hydrogen) atoms. The van der Waals surface area contributed by atoms with Crippen molar-refractivity contribution in [2.24, 2.45) is 5.92 Å². The molecule has 1 fully saturated rings. The van der Waals surface area contributed by atoms with Crippen LogP contribution in [0.25, 0.3) is 0 Å². The molecule has 0 aromatic carbocycles. The van der Waals surface area contributed by atoms with Crippen LogP contribution in [0.15, 0.2) is 11.4 Å². The first-order valence-corrected chi connectivity index (χ1v) is 7.53. The Morgan fingerprint density at radius 1 is 1.65 bits per heavy atom. The molecule has 108 valence electrons. The monoisotopic (exact) mass is 293 g/mol. The molecule has 1 aromatic heterocycles. The molecular weight excluding hydrogens is 274 g/mol. The van der Waals surface area contributed by atoms with Crippen molar-refractivity contribution in [3.05, 3.63) is 21.9 Å². The van der Waals surface area contributed by atoms with Crippen molar-refractivity contribution in [2.45, 2.75) is 26.0 Å². The van der Waals surface area contributed by atoms with Gasteiger partial charge in [0.2, 0.25) is 5.91 Å². The summed E-state index contributed by atoms with van der Waals surface area (Å²) in [6.45, 7) is 3.08. The van der Waals surface area contributed by atoms with Gasteiger partial charge in [-0.25, -0.2) is 0 Å². The highest BCUT2D eigenvalue weighted by molar-refractivity contribution is 7.10. The minimum Gasteiger partial charge on any atom is -0.384 e. The minimum atomic E-state index is -0.134. The second-order valence-corrected chi connectivity index (χ2v) is 5.86. The van der Waals surface area contributed by atoms with Crippen molar-refractivity contribution >= 4 is 17.2 Å². The lowest BCUT2D eigenvalue weighted by atomic mass is 10.0. The number of nitrogens with zero attached hydrogens (tertiary/aromatic N) is 1. The number of thiophene rings is 1. The Morgan fingerprint density at radius 3 is 3.10 bits per heavy atom. The van der Waals surface area contributed by atoms with Gasteiger partial charge < -0.3 is 14.7 Å². The number of hydrogen-bond acceptors (Lipinski definition) is 4. The molecule has 2 atom stereocenters. The summed E-state index contributed by atoms with van der Waals surface area (Å²) in [5.41, 5.74) is 1.07. The van der Waals surface area contributed by atoms with Gasteiger partial charge in [0, 0.05) is 20.2 Å². The van der Waals surface area contributed by atoms with E-state index in [0.29, 0.717) is 13.2 Å². The van der Waals surface area contributed by atoms with Crippen LogP contribution < -0.4 is 0 Å². The lowest BCUT2D eigenvalue weighted by Gasteiger charge is -2.22. The Kier molecular flexibility index (Phi) is 5.18. The molecule has 0 aliphatic carbocycles. The van der Waals surface area contributed by atoms with Gasteiger partial charge in [-0.2, -0.15) is 0 Å². The molecule has 0 spiro atoms. The number of rotatable bonds is 3. The molecule has 1 saturated heterocycles. The third-order valence-corrected chi connectivity index (χ3v) is 4.33. The van der Waals surface area contributed by atoms with Crippen molar-refractivity contribution < 1.29 is 14.6 Å². The zero-order chi connectivity index (χ0) is 14.5. The van der Waals surface area contributed by atoms with Crippen LogP contribution in [-0.4, -0.2) is 42.3 Å². The average Bonchev–Trinajstić information content (AvgIpc) is 3.04. The standard InChI is InChI=1S/C15H19NO3S/c1-11-14(5-7-19-11)15(18)16(2)9-12-8-13(20-10-12)4-3-6-17/h8,10-11,14,17H,5-7,9H2,1-2H3. The first kappa shape index (κ1) is 15.0. The van der Waals surface area contributed by atoms with E-state index in [9.17, 15) is 4.79 Å². The Hall–Kier alpha value is -1.35. The summed E-state index contributed by atoms with van der Waals surface area (Å²) in [4.78, 5) is 15.0. The summed E-state index contributed by atoms with van der Waals surface area (Å²) in [7, 11) is 1.82. The van der Waals surface area contributed by atoms with E-state index in [0.717, 1.165) is 16.9 Å². The number of ether oxygens (including phenoxy) is 1. The molecule has 0 radical (unpaired) electrons. The van der Waals surface area contributed by atoms with Crippen molar-refractivity contribution in [1.82, 2.24) is 4.90 Å². The Balaban J connectivity index is 1.95. The number of aliphatic hydroxyl groups excluding tert-OH is 1. The van der Waals surface area contributed by atoms with E-state index in [1.165, 1.54) is 11.3 Å². The van der Waals surface area contributed by atoms with Gasteiger partial charge in [-0.1, -0.05) is 11.8 Å². The third-order valence-electron chi connectivity index (χ3n) is 3.43. The van der Waals surface area contributed by atoms with Crippen LogP contribution in [0.1, 0.15) is 23.8 Å². The van der Waals surface area contributed by atoms with Crippen LogP contribution in [0.5, 0.6) is 0 Å². The number of carbonyl (C=O) groups is 1. The Morgan fingerprint density at radius 2 is 2.45 bits per heavy atom. The maximum Gasteiger partial charge on any atom is 0.228 e. The van der Waals surface area contributed by atoms with Crippen molar-refractivity contribution in [3.63, 3.8) is 0 Å². The van der Waals surface area contributed by atoms with Gasteiger partial charge in [-0.15, -0.1) is 11.3 Å². The topological polar surface area (TPSA) is 49.8 Å². The molecule has 2 heterocycles. The molecule has 0 saturated carbocycles. The van der Waals surface area contributed by atoms with E-state index >= 15 is 0 Å². The van der Waals surface area contributed by atoms with Crippen molar-refractivity contribution in [2.75, 3.05) is 20.3 Å². The van der Waals surface area contributed by atoms with Gasteiger partial charge in [0.1, 0.15) is 6.61 Å². The summed E-state index contributed by atoms with van der Waals surface area (Å²) in [6.07, 6.45) is 0.819. The summed E-state index contributed by atoms with van der Waals surface area (Å²) >= 11 is 1.53. The van der Waals surface area contributed by atoms with Crippen molar-refractivity contribution in [1.29, 1.82) is 0 Å². The van der Waals surface area contributed by atoms with Crippen LogP contribution in [-0.2, 0) is 16.1 Å². The highest BCUT2D eigenvalue weighted by Gasteiger charge is 2.32. The predicted octanol–water partition coefficient (Wildman–Crippen LogP) is 1.48. The first-order chi connectivity index (χ1) is 9.61. The zero-order valence-electron chi connectivity index (χ0n) is 11.8. The molecule has 4 nitrogen and oxygen atoms in total. The quantitative estimate of drug-likeness (QED) is 0.859. The van der Waals surface area contributed by atoms with E-state index in [-0.39, 0.29) is 24.5 Å². The summed E-state index contributed by atoms with van der Waals surface area (Å²) in [6, 6.07) is 1.96. The van der Waals surface area contributed by atoms with E-state index in [4.69, 9.17) is 9.84 Å². The van der Waals surface area contributed by atoms with Crippen LogP contribution in [0, 0.1) is 17.8 Å². The fourth-order valence-corrected chi connectivity index (χ4v) is 3.11. The van der Waals surface area contributed by atoms with Gasteiger partial charge in [0.15, 0.2) is 0 Å². The molecule has 1 amide bonds. The largest absolute Gasteiger partial charge is 0.384 e. The van der Waals surface area contributed by atoms with E-state index in [2.05, 4.69) is 11.8 Å². The Bertz CT molecular complexity index is 529. The molecule has 0 bridgehead atoms. The van der Waals surface area contributed by atoms with Gasteiger partial charge >= 0.3 is 0 Å². The summed E-state index contributed by atoms with van der Waals surface area (Å²) < 4.78 is 5.45. The van der Waals surface area contributed by atoms with E-state index in [1.54, 1.807) is 4.90 Å². The van der Waals surface area contributed by atoms with Gasteiger partial charge in [0.25, 0.3) is 0 Å². The van der Waals surface area contributed by atoms with E-state index < -0.39 is 0 Å². The van der Waals surface area contributed by atoms with Crippen LogP contribution >= 0.6 is 11.3 Å².